The minimum atomic E-state index is -3.37. The SMILES string of the molecule is CCS(=O)(=O)c1nnn(CCC(C)C)c1N. The molecule has 0 aliphatic heterocycles. The van der Waals surface area contributed by atoms with Gasteiger partial charge in [0.05, 0.1) is 5.75 Å². The van der Waals surface area contributed by atoms with Gasteiger partial charge >= 0.3 is 0 Å². The molecule has 6 nitrogen and oxygen atoms in total. The summed E-state index contributed by atoms with van der Waals surface area (Å²) >= 11 is 0. The smallest absolute Gasteiger partial charge is 0.220 e. The highest BCUT2D eigenvalue weighted by Crippen LogP contribution is 2.16. The van der Waals surface area contributed by atoms with Crippen molar-refractivity contribution >= 4 is 15.7 Å². The van der Waals surface area contributed by atoms with E-state index in [-0.39, 0.29) is 16.6 Å². The van der Waals surface area contributed by atoms with Gasteiger partial charge in [0.15, 0.2) is 5.82 Å². The van der Waals surface area contributed by atoms with E-state index in [1.165, 1.54) is 4.68 Å². The van der Waals surface area contributed by atoms with Gasteiger partial charge in [-0.2, -0.15) is 0 Å². The highest BCUT2D eigenvalue weighted by Gasteiger charge is 2.21. The minimum Gasteiger partial charge on any atom is -0.381 e. The van der Waals surface area contributed by atoms with Crippen molar-refractivity contribution in [2.45, 2.75) is 38.8 Å². The van der Waals surface area contributed by atoms with E-state index in [0.717, 1.165) is 6.42 Å². The Kier molecular flexibility index (Phi) is 3.90. The molecule has 0 bridgehead atoms. The Bertz CT molecular complexity index is 450. The zero-order valence-corrected chi connectivity index (χ0v) is 10.7. The molecular formula is C9H18N4O2S. The van der Waals surface area contributed by atoms with Crippen LogP contribution >= 0.6 is 0 Å². The summed E-state index contributed by atoms with van der Waals surface area (Å²) in [5.41, 5.74) is 5.71. The number of rotatable bonds is 5. The molecule has 0 amide bonds. The van der Waals surface area contributed by atoms with E-state index in [1.54, 1.807) is 6.92 Å². The lowest BCUT2D eigenvalue weighted by atomic mass is 10.1. The molecule has 1 aromatic rings. The van der Waals surface area contributed by atoms with Crippen molar-refractivity contribution in [1.82, 2.24) is 15.0 Å². The van der Waals surface area contributed by atoms with E-state index >= 15 is 0 Å². The lowest BCUT2D eigenvalue weighted by molar-refractivity contribution is 0.482. The maximum Gasteiger partial charge on any atom is 0.220 e. The van der Waals surface area contributed by atoms with E-state index in [0.29, 0.717) is 12.5 Å². The molecule has 0 radical (unpaired) electrons. The second-order valence-electron chi connectivity index (χ2n) is 4.09. The first-order valence-electron chi connectivity index (χ1n) is 5.30. The quantitative estimate of drug-likeness (QED) is 0.825. The predicted octanol–water partition coefficient (Wildman–Crippen LogP) is 0.700. The fraction of sp³-hybridized carbons (Fsp3) is 0.778. The number of aryl methyl sites for hydroxylation is 1. The first-order chi connectivity index (χ1) is 7.38. The van der Waals surface area contributed by atoms with Crippen molar-refractivity contribution in [3.8, 4) is 0 Å². The maximum absolute atomic E-state index is 11.6. The highest BCUT2D eigenvalue weighted by molar-refractivity contribution is 7.91. The van der Waals surface area contributed by atoms with Crippen LogP contribution in [0.2, 0.25) is 0 Å². The lowest BCUT2D eigenvalue weighted by Crippen LogP contribution is -2.10. The highest BCUT2D eigenvalue weighted by atomic mass is 32.2. The summed E-state index contributed by atoms with van der Waals surface area (Å²) in [7, 11) is -3.37. The second-order valence-corrected chi connectivity index (χ2v) is 6.28. The molecule has 16 heavy (non-hydrogen) atoms. The van der Waals surface area contributed by atoms with Crippen LogP contribution in [-0.2, 0) is 16.4 Å². The number of nitrogen functional groups attached to an aromatic ring is 1. The van der Waals surface area contributed by atoms with Crippen molar-refractivity contribution in [2.75, 3.05) is 11.5 Å². The number of nitrogens with zero attached hydrogens (tertiary/aromatic N) is 3. The number of hydrogen-bond acceptors (Lipinski definition) is 5. The summed E-state index contributed by atoms with van der Waals surface area (Å²) in [5, 5.41) is 7.30. The van der Waals surface area contributed by atoms with Crippen LogP contribution in [0.15, 0.2) is 5.03 Å². The monoisotopic (exact) mass is 246 g/mol. The van der Waals surface area contributed by atoms with Gasteiger partial charge in [0.1, 0.15) is 0 Å². The van der Waals surface area contributed by atoms with E-state index in [4.69, 9.17) is 5.73 Å². The van der Waals surface area contributed by atoms with Gasteiger partial charge in [-0.1, -0.05) is 26.0 Å². The van der Waals surface area contributed by atoms with E-state index in [9.17, 15) is 8.42 Å². The normalized spacial score (nSPS) is 12.2. The molecule has 2 N–H and O–H groups in total. The van der Waals surface area contributed by atoms with E-state index in [2.05, 4.69) is 24.2 Å². The zero-order valence-electron chi connectivity index (χ0n) is 9.84. The summed E-state index contributed by atoms with van der Waals surface area (Å²) in [6, 6.07) is 0. The van der Waals surface area contributed by atoms with Gasteiger partial charge in [0, 0.05) is 6.54 Å². The average Bonchev–Trinajstić information content (AvgIpc) is 2.57. The minimum absolute atomic E-state index is 0.0138. The van der Waals surface area contributed by atoms with Gasteiger partial charge in [0.2, 0.25) is 14.9 Å². The topological polar surface area (TPSA) is 90.9 Å². The standard InChI is InChI=1S/C9H18N4O2S/c1-4-16(14,15)9-8(10)13(12-11-9)6-5-7(2)3/h7H,4-6,10H2,1-3H3. The number of anilines is 1. The average molecular weight is 246 g/mol. The molecule has 0 saturated carbocycles. The van der Waals surface area contributed by atoms with Crippen LogP contribution in [0.3, 0.4) is 0 Å². The third-order valence-corrected chi connectivity index (χ3v) is 3.97. The largest absolute Gasteiger partial charge is 0.381 e. The van der Waals surface area contributed by atoms with Crippen molar-refractivity contribution in [1.29, 1.82) is 0 Å². The summed E-state index contributed by atoms with van der Waals surface area (Å²) in [6.45, 7) is 6.31. The molecule has 0 atom stereocenters. The lowest BCUT2D eigenvalue weighted by Gasteiger charge is -2.05. The van der Waals surface area contributed by atoms with Crippen molar-refractivity contribution in [2.24, 2.45) is 5.92 Å². The first kappa shape index (κ1) is 13.0. The van der Waals surface area contributed by atoms with Crippen LogP contribution in [0.4, 0.5) is 5.82 Å². The predicted molar refractivity (Wildman–Crippen MR) is 61.6 cm³/mol. The Morgan fingerprint density at radius 2 is 2.06 bits per heavy atom. The molecule has 0 saturated heterocycles. The van der Waals surface area contributed by atoms with Crippen LogP contribution in [0.5, 0.6) is 0 Å². The van der Waals surface area contributed by atoms with Crippen molar-refractivity contribution in [3.63, 3.8) is 0 Å². The van der Waals surface area contributed by atoms with Crippen molar-refractivity contribution < 1.29 is 8.42 Å². The van der Waals surface area contributed by atoms with Gasteiger partial charge in [-0.25, -0.2) is 13.1 Å². The third-order valence-electron chi connectivity index (χ3n) is 2.33. The molecule has 0 spiro atoms. The number of hydrogen-bond donors (Lipinski definition) is 1. The fourth-order valence-corrected chi connectivity index (χ4v) is 2.07. The molecule has 1 rings (SSSR count). The summed E-state index contributed by atoms with van der Waals surface area (Å²) in [4.78, 5) is 0. The van der Waals surface area contributed by atoms with Crippen LogP contribution in [0, 0.1) is 5.92 Å². The number of sulfone groups is 1. The summed E-state index contributed by atoms with van der Waals surface area (Å²) in [5.74, 6) is 0.636. The van der Waals surface area contributed by atoms with Crippen LogP contribution in [0.1, 0.15) is 27.2 Å². The zero-order chi connectivity index (χ0) is 12.3. The van der Waals surface area contributed by atoms with Gasteiger partial charge < -0.3 is 5.73 Å². The second kappa shape index (κ2) is 4.82. The Labute approximate surface area is 95.7 Å². The van der Waals surface area contributed by atoms with Gasteiger partial charge in [-0.15, -0.1) is 5.10 Å². The maximum atomic E-state index is 11.6. The van der Waals surface area contributed by atoms with Crippen molar-refractivity contribution in [3.05, 3.63) is 0 Å². The fourth-order valence-electron chi connectivity index (χ4n) is 1.21. The number of nitrogens with two attached hydrogens (primary N) is 1. The number of aromatic nitrogens is 3. The molecular weight excluding hydrogens is 228 g/mol. The molecule has 1 heterocycles. The molecule has 0 aliphatic rings. The molecule has 0 fully saturated rings. The van der Waals surface area contributed by atoms with Crippen LogP contribution < -0.4 is 5.73 Å². The van der Waals surface area contributed by atoms with E-state index < -0.39 is 9.84 Å². The molecule has 0 aliphatic carbocycles. The third kappa shape index (κ3) is 2.72. The van der Waals surface area contributed by atoms with Gasteiger partial charge in [0.25, 0.3) is 0 Å². The van der Waals surface area contributed by atoms with Gasteiger partial charge in [-0.3, -0.25) is 0 Å². The van der Waals surface area contributed by atoms with Gasteiger partial charge in [-0.05, 0) is 12.3 Å². The van der Waals surface area contributed by atoms with Crippen LogP contribution in [-0.4, -0.2) is 29.2 Å². The molecule has 1 aromatic heterocycles. The Morgan fingerprint density at radius 3 is 2.56 bits per heavy atom. The molecule has 0 aromatic carbocycles. The first-order valence-corrected chi connectivity index (χ1v) is 6.95. The molecule has 0 unspecified atom stereocenters. The van der Waals surface area contributed by atoms with Crippen LogP contribution in [0.25, 0.3) is 0 Å². The summed E-state index contributed by atoms with van der Waals surface area (Å²) < 4.78 is 24.6. The summed E-state index contributed by atoms with van der Waals surface area (Å²) in [6.07, 6.45) is 0.888. The Morgan fingerprint density at radius 1 is 1.44 bits per heavy atom. The van der Waals surface area contributed by atoms with E-state index in [1.807, 2.05) is 0 Å². The Hall–Kier alpha value is -1.11. The Balaban J connectivity index is 2.93. The molecule has 7 heteroatoms. The molecule has 92 valence electrons.